The fraction of sp³-hybridized carbons (Fsp3) is 0.143. The number of benzene rings is 1. The minimum absolute atomic E-state index is 0.300. The van der Waals surface area contributed by atoms with Gasteiger partial charge in [0.2, 0.25) is 0 Å². The van der Waals surface area contributed by atoms with E-state index in [1.807, 2.05) is 11.5 Å². The molecule has 0 bridgehead atoms. The summed E-state index contributed by atoms with van der Waals surface area (Å²) in [6.07, 6.45) is 3.40. The molecule has 2 aromatic heterocycles. The highest BCUT2D eigenvalue weighted by molar-refractivity contribution is 5.88. The minimum atomic E-state index is -0.300. The third-order valence-corrected chi connectivity index (χ3v) is 3.27. The van der Waals surface area contributed by atoms with Crippen LogP contribution in [0.25, 0.3) is 16.6 Å². The molecule has 0 atom stereocenters. The molecule has 0 radical (unpaired) electrons. The standard InChI is InChI=1S/C14H11FN4/c1-8-3-13-11(4-12(8)15)10(5-16)7-19(13)14-6-17-18-9(14)2/h3-4,6-7H,1-2H3,(H,17,18). The Bertz CT molecular complexity index is 820. The molecule has 4 nitrogen and oxygen atoms in total. The maximum Gasteiger partial charge on any atom is 0.126 e. The van der Waals surface area contributed by atoms with Gasteiger partial charge in [0.05, 0.1) is 28.7 Å². The molecular formula is C14H11FN4. The number of aromatic amines is 1. The quantitative estimate of drug-likeness (QED) is 0.725. The molecule has 0 spiro atoms. The van der Waals surface area contributed by atoms with Gasteiger partial charge in [-0.3, -0.25) is 5.10 Å². The van der Waals surface area contributed by atoms with Crippen LogP contribution in [0.3, 0.4) is 0 Å². The zero-order valence-electron chi connectivity index (χ0n) is 10.5. The third kappa shape index (κ3) is 1.61. The fourth-order valence-electron chi connectivity index (χ4n) is 2.23. The van der Waals surface area contributed by atoms with E-state index in [9.17, 15) is 4.39 Å². The van der Waals surface area contributed by atoms with Crippen LogP contribution >= 0.6 is 0 Å². The molecule has 94 valence electrons. The lowest BCUT2D eigenvalue weighted by atomic mass is 10.1. The van der Waals surface area contributed by atoms with E-state index in [-0.39, 0.29) is 5.82 Å². The summed E-state index contributed by atoms with van der Waals surface area (Å²) in [6.45, 7) is 3.61. The van der Waals surface area contributed by atoms with E-state index in [4.69, 9.17) is 5.26 Å². The number of aromatic nitrogens is 3. The first-order valence-corrected chi connectivity index (χ1v) is 5.83. The van der Waals surface area contributed by atoms with Crippen LogP contribution in [0.5, 0.6) is 0 Å². The maximum absolute atomic E-state index is 13.7. The second kappa shape index (κ2) is 3.95. The molecule has 0 aliphatic heterocycles. The van der Waals surface area contributed by atoms with Gasteiger partial charge in [0, 0.05) is 11.6 Å². The molecule has 0 aliphatic rings. The summed E-state index contributed by atoms with van der Waals surface area (Å²) in [4.78, 5) is 0. The highest BCUT2D eigenvalue weighted by atomic mass is 19.1. The second-order valence-electron chi connectivity index (χ2n) is 4.52. The van der Waals surface area contributed by atoms with Crippen molar-refractivity contribution in [2.75, 3.05) is 0 Å². The van der Waals surface area contributed by atoms with Crippen LogP contribution in [0.2, 0.25) is 0 Å². The molecule has 0 saturated heterocycles. The molecule has 1 N–H and O–H groups in total. The normalized spacial score (nSPS) is 10.8. The number of fused-ring (bicyclic) bond motifs is 1. The number of hydrogen-bond donors (Lipinski definition) is 1. The highest BCUT2D eigenvalue weighted by Crippen LogP contribution is 2.27. The van der Waals surface area contributed by atoms with E-state index in [0.717, 1.165) is 16.9 Å². The summed E-state index contributed by atoms with van der Waals surface area (Å²) in [7, 11) is 0. The molecule has 5 heteroatoms. The first-order chi connectivity index (χ1) is 9.11. The van der Waals surface area contributed by atoms with Crippen molar-refractivity contribution in [3.63, 3.8) is 0 Å². The number of rotatable bonds is 1. The van der Waals surface area contributed by atoms with Crippen LogP contribution in [0.4, 0.5) is 4.39 Å². The topological polar surface area (TPSA) is 57.4 Å². The molecular weight excluding hydrogens is 243 g/mol. The lowest BCUT2D eigenvalue weighted by molar-refractivity contribution is 0.620. The van der Waals surface area contributed by atoms with Gasteiger partial charge < -0.3 is 4.57 Å². The Morgan fingerprint density at radius 2 is 2.16 bits per heavy atom. The summed E-state index contributed by atoms with van der Waals surface area (Å²) >= 11 is 0. The van der Waals surface area contributed by atoms with Gasteiger partial charge >= 0.3 is 0 Å². The molecule has 0 saturated carbocycles. The molecule has 2 heterocycles. The Morgan fingerprint density at radius 1 is 1.37 bits per heavy atom. The third-order valence-electron chi connectivity index (χ3n) is 3.27. The van der Waals surface area contributed by atoms with E-state index in [0.29, 0.717) is 16.5 Å². The van der Waals surface area contributed by atoms with E-state index in [2.05, 4.69) is 16.3 Å². The van der Waals surface area contributed by atoms with Crippen LogP contribution in [-0.2, 0) is 0 Å². The fourth-order valence-corrected chi connectivity index (χ4v) is 2.23. The molecule has 3 aromatic rings. The Morgan fingerprint density at radius 3 is 2.79 bits per heavy atom. The Kier molecular flexibility index (Phi) is 2.39. The lowest BCUT2D eigenvalue weighted by Gasteiger charge is -2.04. The summed E-state index contributed by atoms with van der Waals surface area (Å²) in [5.41, 5.74) is 3.56. The Hall–Kier alpha value is -2.61. The van der Waals surface area contributed by atoms with Crippen LogP contribution in [0.15, 0.2) is 24.5 Å². The number of H-pyrrole nitrogens is 1. The second-order valence-corrected chi connectivity index (χ2v) is 4.52. The summed E-state index contributed by atoms with van der Waals surface area (Å²) in [6, 6.07) is 5.26. The number of hydrogen-bond acceptors (Lipinski definition) is 2. The van der Waals surface area contributed by atoms with E-state index in [1.165, 1.54) is 6.07 Å². The smallest absolute Gasteiger partial charge is 0.126 e. The lowest BCUT2D eigenvalue weighted by Crippen LogP contribution is -1.93. The zero-order chi connectivity index (χ0) is 13.6. The molecule has 3 rings (SSSR count). The van der Waals surface area contributed by atoms with Crippen molar-refractivity contribution in [1.82, 2.24) is 14.8 Å². The Balaban J connectivity index is 2.41. The van der Waals surface area contributed by atoms with Crippen molar-refractivity contribution in [2.24, 2.45) is 0 Å². The molecule has 1 aromatic carbocycles. The largest absolute Gasteiger partial charge is 0.312 e. The van der Waals surface area contributed by atoms with Gasteiger partial charge in [0.15, 0.2) is 0 Å². The van der Waals surface area contributed by atoms with Crippen molar-refractivity contribution in [2.45, 2.75) is 13.8 Å². The molecule has 0 fully saturated rings. The summed E-state index contributed by atoms with van der Waals surface area (Å²) < 4.78 is 15.5. The molecule has 0 amide bonds. The maximum atomic E-state index is 13.7. The van der Waals surface area contributed by atoms with Gasteiger partial charge in [-0.15, -0.1) is 0 Å². The van der Waals surface area contributed by atoms with Gasteiger partial charge in [-0.2, -0.15) is 10.4 Å². The van der Waals surface area contributed by atoms with Crippen molar-refractivity contribution in [3.05, 3.63) is 47.2 Å². The summed E-state index contributed by atoms with van der Waals surface area (Å²) in [5, 5.41) is 16.6. The predicted molar refractivity (Wildman–Crippen MR) is 69.6 cm³/mol. The zero-order valence-corrected chi connectivity index (χ0v) is 10.5. The average molecular weight is 254 g/mol. The number of nitrogens with one attached hydrogen (secondary N) is 1. The summed E-state index contributed by atoms with van der Waals surface area (Å²) in [5.74, 6) is -0.300. The Labute approximate surface area is 109 Å². The van der Waals surface area contributed by atoms with Gasteiger partial charge in [0.25, 0.3) is 0 Å². The first-order valence-electron chi connectivity index (χ1n) is 5.83. The van der Waals surface area contributed by atoms with E-state index >= 15 is 0 Å². The average Bonchev–Trinajstić information content (AvgIpc) is 2.94. The number of halogens is 1. The highest BCUT2D eigenvalue weighted by Gasteiger charge is 2.14. The van der Waals surface area contributed by atoms with E-state index < -0.39 is 0 Å². The molecule has 0 aliphatic carbocycles. The minimum Gasteiger partial charge on any atom is -0.312 e. The van der Waals surface area contributed by atoms with Crippen molar-refractivity contribution < 1.29 is 4.39 Å². The van der Waals surface area contributed by atoms with Crippen LogP contribution in [-0.4, -0.2) is 14.8 Å². The predicted octanol–water partition coefficient (Wildman–Crippen LogP) is 2.98. The van der Waals surface area contributed by atoms with Crippen molar-refractivity contribution in [3.8, 4) is 11.8 Å². The van der Waals surface area contributed by atoms with Crippen molar-refractivity contribution >= 4 is 10.9 Å². The van der Waals surface area contributed by atoms with Crippen LogP contribution in [0, 0.1) is 31.0 Å². The first kappa shape index (κ1) is 11.5. The van der Waals surface area contributed by atoms with Gasteiger partial charge in [-0.05, 0) is 31.5 Å². The SMILES string of the molecule is Cc1cc2c(cc1F)c(C#N)cn2-c1cn[nH]c1C. The van der Waals surface area contributed by atoms with Crippen molar-refractivity contribution in [1.29, 1.82) is 5.26 Å². The van der Waals surface area contributed by atoms with Gasteiger partial charge in [-0.1, -0.05) is 0 Å². The molecule has 0 unspecified atom stereocenters. The number of aryl methyl sites for hydroxylation is 2. The number of nitrogens with zero attached hydrogens (tertiary/aromatic N) is 3. The van der Waals surface area contributed by atoms with Gasteiger partial charge in [-0.25, -0.2) is 4.39 Å². The van der Waals surface area contributed by atoms with E-state index in [1.54, 1.807) is 25.4 Å². The monoisotopic (exact) mass is 254 g/mol. The number of nitriles is 1. The molecule has 19 heavy (non-hydrogen) atoms. The van der Waals surface area contributed by atoms with Crippen LogP contribution in [0.1, 0.15) is 16.8 Å². The van der Waals surface area contributed by atoms with Gasteiger partial charge in [0.1, 0.15) is 11.9 Å². The van der Waals surface area contributed by atoms with Crippen LogP contribution < -0.4 is 0 Å².